The lowest BCUT2D eigenvalue weighted by atomic mass is 10.1. The average molecular weight is 312 g/mol. The standard InChI is InChI=1S/C12H12N2O8/c15-6-1-2-7(16)13(6)12(11(21)22,5-10(19)20)14-8(17)3-4-9(14)18/h1-4,15-18H,5H2,(H,19,20)(H,21,22). The number of nitrogens with zero attached hydrogens (tertiary/aromatic N) is 2. The fraction of sp³-hybridized carbons (Fsp3) is 0.167. The van der Waals surface area contributed by atoms with Crippen LogP contribution in [-0.2, 0) is 15.3 Å². The van der Waals surface area contributed by atoms with Crippen LogP contribution in [0.5, 0.6) is 23.5 Å². The summed E-state index contributed by atoms with van der Waals surface area (Å²) in [6.07, 6.45) is -1.19. The average Bonchev–Trinajstić information content (AvgIpc) is 2.91. The highest BCUT2D eigenvalue weighted by molar-refractivity contribution is 5.84. The Morgan fingerprint density at radius 1 is 0.818 bits per heavy atom. The van der Waals surface area contributed by atoms with E-state index in [1.807, 2.05) is 0 Å². The number of rotatable bonds is 5. The van der Waals surface area contributed by atoms with Gasteiger partial charge in [-0.25, -0.2) is 13.9 Å². The summed E-state index contributed by atoms with van der Waals surface area (Å²) in [5.74, 6) is -6.52. The summed E-state index contributed by atoms with van der Waals surface area (Å²) in [5.41, 5.74) is -2.72. The van der Waals surface area contributed by atoms with Gasteiger partial charge in [-0.05, 0) is 0 Å². The van der Waals surface area contributed by atoms with Gasteiger partial charge in [0.1, 0.15) is 0 Å². The van der Waals surface area contributed by atoms with Crippen LogP contribution in [0.25, 0.3) is 0 Å². The van der Waals surface area contributed by atoms with Gasteiger partial charge >= 0.3 is 11.9 Å². The van der Waals surface area contributed by atoms with Crippen LogP contribution in [0.3, 0.4) is 0 Å². The van der Waals surface area contributed by atoms with Crippen molar-refractivity contribution in [2.75, 3.05) is 0 Å². The summed E-state index contributed by atoms with van der Waals surface area (Å²) in [6, 6.07) is 3.75. The molecule has 0 amide bonds. The Kier molecular flexibility index (Phi) is 3.37. The van der Waals surface area contributed by atoms with Crippen LogP contribution in [0, 0.1) is 0 Å². The highest BCUT2D eigenvalue weighted by Crippen LogP contribution is 2.40. The van der Waals surface area contributed by atoms with E-state index in [4.69, 9.17) is 5.11 Å². The van der Waals surface area contributed by atoms with Gasteiger partial charge in [0, 0.05) is 24.3 Å². The van der Waals surface area contributed by atoms with Crippen LogP contribution < -0.4 is 0 Å². The molecule has 2 aromatic rings. The molecule has 0 aliphatic carbocycles. The first kappa shape index (κ1) is 15.1. The third kappa shape index (κ3) is 1.97. The Bertz CT molecular complexity index is 659. The predicted molar refractivity (Wildman–Crippen MR) is 68.8 cm³/mol. The Labute approximate surface area is 122 Å². The molecule has 2 heterocycles. The molecule has 118 valence electrons. The van der Waals surface area contributed by atoms with E-state index in [9.17, 15) is 35.1 Å². The molecule has 0 aliphatic heterocycles. The lowest BCUT2D eigenvalue weighted by Gasteiger charge is -2.33. The second kappa shape index (κ2) is 4.91. The summed E-state index contributed by atoms with van der Waals surface area (Å²) in [4.78, 5) is 23.0. The van der Waals surface area contributed by atoms with Crippen LogP contribution in [-0.4, -0.2) is 51.7 Å². The fourth-order valence-electron chi connectivity index (χ4n) is 2.32. The number of aromatic hydroxyl groups is 4. The molecule has 0 atom stereocenters. The van der Waals surface area contributed by atoms with Gasteiger partial charge in [-0.2, -0.15) is 0 Å². The zero-order valence-corrected chi connectivity index (χ0v) is 10.9. The molecule has 0 bridgehead atoms. The van der Waals surface area contributed by atoms with Crippen molar-refractivity contribution in [1.29, 1.82) is 0 Å². The zero-order valence-electron chi connectivity index (χ0n) is 10.9. The first-order valence-corrected chi connectivity index (χ1v) is 5.87. The summed E-state index contributed by atoms with van der Waals surface area (Å²) < 4.78 is 0.756. The predicted octanol–water partition coefficient (Wildman–Crippen LogP) is -0.128. The number of hydrogen-bond donors (Lipinski definition) is 6. The largest absolute Gasteiger partial charge is 0.494 e. The molecule has 0 fully saturated rings. The Morgan fingerprint density at radius 2 is 1.14 bits per heavy atom. The molecule has 0 spiro atoms. The fourth-order valence-corrected chi connectivity index (χ4v) is 2.32. The normalized spacial score (nSPS) is 11.5. The Balaban J connectivity index is 2.91. The summed E-state index contributed by atoms with van der Waals surface area (Å²) >= 11 is 0. The van der Waals surface area contributed by atoms with E-state index in [1.54, 1.807) is 0 Å². The van der Waals surface area contributed by atoms with Gasteiger partial charge in [0.25, 0.3) is 0 Å². The molecule has 22 heavy (non-hydrogen) atoms. The monoisotopic (exact) mass is 312 g/mol. The van der Waals surface area contributed by atoms with Crippen LogP contribution in [0.4, 0.5) is 0 Å². The quantitative estimate of drug-likeness (QED) is 0.444. The lowest BCUT2D eigenvalue weighted by Crippen LogP contribution is -2.49. The van der Waals surface area contributed by atoms with E-state index in [0.717, 1.165) is 24.3 Å². The van der Waals surface area contributed by atoms with E-state index in [2.05, 4.69) is 0 Å². The minimum absolute atomic E-state index is 0.378. The van der Waals surface area contributed by atoms with Gasteiger partial charge in [0.2, 0.25) is 5.66 Å². The highest BCUT2D eigenvalue weighted by atomic mass is 16.4. The number of carbonyl (C=O) groups is 2. The Morgan fingerprint density at radius 3 is 1.36 bits per heavy atom. The molecule has 6 N–H and O–H groups in total. The maximum absolute atomic E-state index is 11.8. The van der Waals surface area contributed by atoms with Gasteiger partial charge in [0.05, 0.1) is 6.42 Å². The van der Waals surface area contributed by atoms with Gasteiger partial charge in [-0.15, -0.1) is 0 Å². The van der Waals surface area contributed by atoms with E-state index in [0.29, 0.717) is 9.13 Å². The van der Waals surface area contributed by atoms with Crippen LogP contribution in [0.15, 0.2) is 24.3 Å². The molecule has 10 heteroatoms. The maximum Gasteiger partial charge on any atom is 0.352 e. The Hall–Kier alpha value is -3.30. The van der Waals surface area contributed by atoms with Crippen molar-refractivity contribution in [1.82, 2.24) is 9.13 Å². The van der Waals surface area contributed by atoms with Crippen LogP contribution in [0.1, 0.15) is 6.42 Å². The molecule has 0 aromatic carbocycles. The van der Waals surface area contributed by atoms with Crippen molar-refractivity contribution >= 4 is 11.9 Å². The van der Waals surface area contributed by atoms with Gasteiger partial charge in [-0.1, -0.05) is 0 Å². The zero-order chi connectivity index (χ0) is 16.7. The summed E-state index contributed by atoms with van der Waals surface area (Å²) in [7, 11) is 0. The van der Waals surface area contributed by atoms with Crippen molar-refractivity contribution in [3.63, 3.8) is 0 Å². The molecule has 2 rings (SSSR count). The van der Waals surface area contributed by atoms with Gasteiger partial charge in [0.15, 0.2) is 23.5 Å². The minimum atomic E-state index is -2.72. The molecule has 0 saturated carbocycles. The third-order valence-corrected chi connectivity index (χ3v) is 3.16. The first-order valence-electron chi connectivity index (χ1n) is 5.87. The molecule has 0 saturated heterocycles. The summed E-state index contributed by atoms with van der Waals surface area (Å²) in [6.45, 7) is 0. The SMILES string of the molecule is O=C(O)CC(C(=O)O)(n1c(O)ccc1O)n1c(O)ccc1O. The smallest absolute Gasteiger partial charge is 0.352 e. The minimum Gasteiger partial charge on any atom is -0.494 e. The number of aromatic nitrogens is 2. The second-order valence-corrected chi connectivity index (χ2v) is 4.46. The van der Waals surface area contributed by atoms with Crippen molar-refractivity contribution < 1.29 is 40.2 Å². The first-order chi connectivity index (χ1) is 10.2. The van der Waals surface area contributed by atoms with Crippen LogP contribution >= 0.6 is 0 Å². The molecular weight excluding hydrogens is 300 g/mol. The van der Waals surface area contributed by atoms with Crippen molar-refractivity contribution in [2.24, 2.45) is 0 Å². The van der Waals surface area contributed by atoms with E-state index < -0.39 is 47.5 Å². The van der Waals surface area contributed by atoms with Gasteiger partial charge < -0.3 is 30.6 Å². The number of hydrogen-bond acceptors (Lipinski definition) is 6. The highest BCUT2D eigenvalue weighted by Gasteiger charge is 2.50. The molecule has 0 radical (unpaired) electrons. The molecular formula is C12H12N2O8. The second-order valence-electron chi connectivity index (χ2n) is 4.46. The molecule has 0 unspecified atom stereocenters. The lowest BCUT2D eigenvalue weighted by molar-refractivity contribution is -0.157. The van der Waals surface area contributed by atoms with Gasteiger partial charge in [-0.3, -0.25) is 4.79 Å². The third-order valence-electron chi connectivity index (χ3n) is 3.16. The van der Waals surface area contributed by atoms with Crippen molar-refractivity contribution in [3.8, 4) is 23.5 Å². The molecule has 0 aliphatic rings. The number of carboxylic acids is 2. The number of carboxylic acid groups (broad SMARTS) is 2. The maximum atomic E-state index is 11.8. The van der Waals surface area contributed by atoms with E-state index in [-0.39, 0.29) is 0 Å². The van der Waals surface area contributed by atoms with Crippen LogP contribution in [0.2, 0.25) is 0 Å². The van der Waals surface area contributed by atoms with Crippen molar-refractivity contribution in [2.45, 2.75) is 12.1 Å². The molecule has 10 nitrogen and oxygen atoms in total. The van der Waals surface area contributed by atoms with E-state index >= 15 is 0 Å². The topological polar surface area (TPSA) is 165 Å². The van der Waals surface area contributed by atoms with E-state index in [1.165, 1.54) is 0 Å². The van der Waals surface area contributed by atoms with Crippen molar-refractivity contribution in [3.05, 3.63) is 24.3 Å². The summed E-state index contributed by atoms with van der Waals surface area (Å²) in [5, 5.41) is 57.7. The number of aliphatic carboxylic acids is 2. The molecule has 2 aromatic heterocycles.